The molecule has 0 saturated carbocycles. The first kappa shape index (κ1) is 18.9. The number of aromatic amines is 2. The van der Waals surface area contributed by atoms with Gasteiger partial charge >= 0.3 is 0 Å². The highest BCUT2D eigenvalue weighted by Gasteiger charge is 2.24. The Labute approximate surface area is 178 Å². The summed E-state index contributed by atoms with van der Waals surface area (Å²) in [5.74, 6) is 2.09. The molecule has 0 saturated heterocycles. The molecular formula is C23H22N6O2. The van der Waals surface area contributed by atoms with Crippen molar-refractivity contribution >= 4 is 27.9 Å². The van der Waals surface area contributed by atoms with Gasteiger partial charge in [-0.15, -0.1) is 0 Å². The molecule has 0 aliphatic heterocycles. The molecule has 0 spiro atoms. The molecule has 0 amide bonds. The zero-order valence-corrected chi connectivity index (χ0v) is 17.2. The Morgan fingerprint density at radius 3 is 2.71 bits per heavy atom. The Balaban J connectivity index is 1.61. The second-order valence-corrected chi connectivity index (χ2v) is 7.13. The first-order chi connectivity index (χ1) is 15.3. The van der Waals surface area contributed by atoms with Gasteiger partial charge in [-0.2, -0.15) is 0 Å². The zero-order chi connectivity index (χ0) is 21.2. The van der Waals surface area contributed by atoms with Crippen molar-refractivity contribution in [1.29, 1.82) is 0 Å². The molecule has 0 bridgehead atoms. The summed E-state index contributed by atoms with van der Waals surface area (Å²) in [6, 6.07) is 14.2. The molecule has 2 aromatic carbocycles. The van der Waals surface area contributed by atoms with Crippen molar-refractivity contribution in [3.05, 3.63) is 72.4 Å². The van der Waals surface area contributed by atoms with Crippen LogP contribution in [0, 0.1) is 0 Å². The molecule has 0 aliphatic rings. The first-order valence-corrected chi connectivity index (χ1v) is 9.95. The van der Waals surface area contributed by atoms with E-state index in [0.29, 0.717) is 23.8 Å². The molecule has 5 aromatic rings. The highest BCUT2D eigenvalue weighted by atomic mass is 16.5. The van der Waals surface area contributed by atoms with Gasteiger partial charge in [-0.25, -0.2) is 15.0 Å². The van der Waals surface area contributed by atoms with E-state index < -0.39 is 0 Å². The fourth-order valence-electron chi connectivity index (χ4n) is 4.05. The molecule has 1 atom stereocenters. The normalized spacial score (nSPS) is 12.2. The van der Waals surface area contributed by atoms with Gasteiger partial charge in [0.25, 0.3) is 0 Å². The second kappa shape index (κ2) is 7.98. The van der Waals surface area contributed by atoms with Gasteiger partial charge in [0.05, 0.1) is 20.5 Å². The number of ether oxygens (including phenoxy) is 2. The van der Waals surface area contributed by atoms with Crippen molar-refractivity contribution in [2.24, 2.45) is 0 Å². The van der Waals surface area contributed by atoms with Crippen LogP contribution in [-0.4, -0.2) is 45.7 Å². The Hall–Kier alpha value is -4.07. The van der Waals surface area contributed by atoms with Crippen LogP contribution in [0.5, 0.6) is 11.5 Å². The number of hydrogen-bond donors (Lipinski definition) is 3. The molecule has 0 aliphatic carbocycles. The SMILES string of the molecule is COc1cccc(C(CNc2ncnc3nc[nH]c23)c2c[nH]c3ccccc23)c1OC. The number of para-hydroxylation sites is 2. The zero-order valence-electron chi connectivity index (χ0n) is 17.2. The number of aromatic nitrogens is 5. The molecule has 156 valence electrons. The van der Waals surface area contributed by atoms with E-state index in [2.05, 4.69) is 54.6 Å². The number of anilines is 1. The quantitative estimate of drug-likeness (QED) is 0.371. The van der Waals surface area contributed by atoms with Crippen molar-refractivity contribution in [2.45, 2.75) is 5.92 Å². The number of benzene rings is 2. The van der Waals surface area contributed by atoms with E-state index in [1.54, 1.807) is 20.5 Å². The van der Waals surface area contributed by atoms with Crippen LogP contribution >= 0.6 is 0 Å². The fraction of sp³-hybridized carbons (Fsp3) is 0.174. The number of H-pyrrole nitrogens is 2. The number of nitrogens with zero attached hydrogens (tertiary/aromatic N) is 3. The molecule has 0 fully saturated rings. The van der Waals surface area contributed by atoms with Crippen LogP contribution in [0.25, 0.3) is 22.1 Å². The number of fused-ring (bicyclic) bond motifs is 2. The van der Waals surface area contributed by atoms with E-state index in [-0.39, 0.29) is 5.92 Å². The van der Waals surface area contributed by atoms with Crippen molar-refractivity contribution in [3.8, 4) is 11.5 Å². The van der Waals surface area contributed by atoms with Gasteiger partial charge < -0.3 is 24.8 Å². The average molecular weight is 414 g/mol. The van der Waals surface area contributed by atoms with E-state index in [1.165, 1.54) is 6.33 Å². The summed E-state index contributed by atoms with van der Waals surface area (Å²) < 4.78 is 11.3. The standard InChI is InChI=1S/C23H22N6O2/c1-30-19-9-5-7-15(21(19)31-2)17(16-10-24-18-8-4-3-6-14(16)18)11-25-22-20-23(27-12-26-20)29-13-28-22/h3-10,12-13,17,24H,11H2,1-2H3,(H2,25,26,27,28,29). The first-order valence-electron chi connectivity index (χ1n) is 9.95. The van der Waals surface area contributed by atoms with E-state index in [0.717, 1.165) is 33.3 Å². The minimum atomic E-state index is -0.0332. The van der Waals surface area contributed by atoms with Crippen LogP contribution < -0.4 is 14.8 Å². The summed E-state index contributed by atoms with van der Waals surface area (Å²) >= 11 is 0. The predicted octanol–water partition coefficient (Wildman–Crippen LogP) is 4.10. The lowest BCUT2D eigenvalue weighted by Crippen LogP contribution is -2.16. The Bertz CT molecular complexity index is 1340. The molecule has 31 heavy (non-hydrogen) atoms. The molecule has 8 heteroatoms. The van der Waals surface area contributed by atoms with Crippen LogP contribution in [0.1, 0.15) is 17.0 Å². The van der Waals surface area contributed by atoms with Gasteiger partial charge in [0, 0.05) is 35.1 Å². The Kier molecular flexibility index (Phi) is 4.87. The van der Waals surface area contributed by atoms with Gasteiger partial charge in [-0.05, 0) is 17.7 Å². The van der Waals surface area contributed by atoms with Crippen molar-refractivity contribution in [2.75, 3.05) is 26.1 Å². The molecule has 3 N–H and O–H groups in total. The summed E-state index contributed by atoms with van der Waals surface area (Å²) in [4.78, 5) is 19.3. The van der Waals surface area contributed by atoms with Crippen LogP contribution in [0.3, 0.4) is 0 Å². The summed E-state index contributed by atoms with van der Waals surface area (Å²) in [5, 5.41) is 4.64. The van der Waals surface area contributed by atoms with Crippen molar-refractivity contribution in [1.82, 2.24) is 24.9 Å². The lowest BCUT2D eigenvalue weighted by Gasteiger charge is -2.22. The summed E-state index contributed by atoms with van der Waals surface area (Å²) in [7, 11) is 3.32. The highest BCUT2D eigenvalue weighted by Crippen LogP contribution is 2.40. The monoisotopic (exact) mass is 414 g/mol. The molecule has 3 aromatic heterocycles. The van der Waals surface area contributed by atoms with Gasteiger partial charge in [0.2, 0.25) is 0 Å². The molecule has 0 radical (unpaired) electrons. The van der Waals surface area contributed by atoms with E-state index in [9.17, 15) is 0 Å². The number of nitrogens with one attached hydrogen (secondary N) is 3. The lowest BCUT2D eigenvalue weighted by atomic mass is 9.90. The highest BCUT2D eigenvalue weighted by molar-refractivity contribution is 5.85. The predicted molar refractivity (Wildman–Crippen MR) is 120 cm³/mol. The third kappa shape index (κ3) is 3.31. The maximum Gasteiger partial charge on any atom is 0.182 e. The maximum absolute atomic E-state index is 5.76. The second-order valence-electron chi connectivity index (χ2n) is 7.13. The van der Waals surface area contributed by atoms with Gasteiger partial charge in [-0.3, -0.25) is 0 Å². The smallest absolute Gasteiger partial charge is 0.182 e. The summed E-state index contributed by atoms with van der Waals surface area (Å²) in [6.45, 7) is 0.580. The Morgan fingerprint density at radius 1 is 0.935 bits per heavy atom. The van der Waals surface area contributed by atoms with Crippen molar-refractivity contribution in [3.63, 3.8) is 0 Å². The summed E-state index contributed by atoms with van der Waals surface area (Å²) in [6.07, 6.45) is 5.19. The van der Waals surface area contributed by atoms with Crippen LogP contribution in [0.15, 0.2) is 61.3 Å². The van der Waals surface area contributed by atoms with Crippen LogP contribution in [0.4, 0.5) is 5.82 Å². The molecule has 3 heterocycles. The summed E-state index contributed by atoms with van der Waals surface area (Å²) in [5.41, 5.74) is 4.67. The minimum Gasteiger partial charge on any atom is -0.493 e. The number of rotatable bonds is 7. The average Bonchev–Trinajstić information content (AvgIpc) is 3.47. The number of imidazole rings is 1. The van der Waals surface area contributed by atoms with Gasteiger partial charge in [-0.1, -0.05) is 30.3 Å². The van der Waals surface area contributed by atoms with E-state index >= 15 is 0 Å². The maximum atomic E-state index is 5.76. The van der Waals surface area contributed by atoms with E-state index in [4.69, 9.17) is 9.47 Å². The van der Waals surface area contributed by atoms with Crippen LogP contribution in [-0.2, 0) is 0 Å². The minimum absolute atomic E-state index is 0.0332. The number of methoxy groups -OCH3 is 2. The lowest BCUT2D eigenvalue weighted by molar-refractivity contribution is 0.350. The molecule has 8 nitrogen and oxygen atoms in total. The third-order valence-electron chi connectivity index (χ3n) is 5.50. The number of hydrogen-bond acceptors (Lipinski definition) is 6. The van der Waals surface area contributed by atoms with Gasteiger partial charge in [0.1, 0.15) is 11.8 Å². The topological polar surface area (TPSA) is 101 Å². The third-order valence-corrected chi connectivity index (χ3v) is 5.50. The van der Waals surface area contributed by atoms with Crippen LogP contribution in [0.2, 0.25) is 0 Å². The van der Waals surface area contributed by atoms with E-state index in [1.807, 2.05) is 24.3 Å². The fourth-order valence-corrected chi connectivity index (χ4v) is 4.05. The largest absolute Gasteiger partial charge is 0.493 e. The molecule has 1 unspecified atom stereocenters. The van der Waals surface area contributed by atoms with Gasteiger partial charge in [0.15, 0.2) is 23.0 Å². The molecule has 5 rings (SSSR count). The Morgan fingerprint density at radius 2 is 1.84 bits per heavy atom. The van der Waals surface area contributed by atoms with Crippen molar-refractivity contribution < 1.29 is 9.47 Å². The molecular weight excluding hydrogens is 392 g/mol.